The Morgan fingerprint density at radius 1 is 1.30 bits per heavy atom. The molecule has 0 saturated carbocycles. The van der Waals surface area contributed by atoms with Gasteiger partial charge in [0.05, 0.1) is 6.61 Å². The van der Waals surface area contributed by atoms with Crippen molar-refractivity contribution in [1.82, 2.24) is 9.97 Å². The molecule has 1 saturated heterocycles. The molecule has 1 aliphatic heterocycles. The molecule has 8 heteroatoms. The minimum absolute atomic E-state index is 0.00231. The van der Waals surface area contributed by atoms with Crippen LogP contribution in [0.2, 0.25) is 0 Å². The molecule has 0 spiro atoms. The van der Waals surface area contributed by atoms with E-state index in [0.717, 1.165) is 12.5 Å². The van der Waals surface area contributed by atoms with E-state index in [0.29, 0.717) is 32.8 Å². The van der Waals surface area contributed by atoms with Crippen molar-refractivity contribution in [2.75, 3.05) is 43.1 Å². The largest absolute Gasteiger partial charge is 0.433 e. The summed E-state index contributed by atoms with van der Waals surface area (Å²) in [7, 11) is 0. The van der Waals surface area contributed by atoms with Crippen molar-refractivity contribution in [3.63, 3.8) is 0 Å². The normalized spacial score (nSPS) is 16.9. The molecule has 0 bridgehead atoms. The van der Waals surface area contributed by atoms with Crippen LogP contribution in [0.1, 0.15) is 19.0 Å². The Kier molecular flexibility index (Phi) is 4.64. The van der Waals surface area contributed by atoms with E-state index in [9.17, 15) is 13.2 Å². The van der Waals surface area contributed by atoms with Gasteiger partial charge in [0.15, 0.2) is 5.69 Å². The van der Waals surface area contributed by atoms with Gasteiger partial charge in [0.2, 0.25) is 5.95 Å². The molecule has 20 heavy (non-hydrogen) atoms. The second-order valence-electron chi connectivity index (χ2n) is 4.42. The molecule has 2 heterocycles. The van der Waals surface area contributed by atoms with Crippen LogP contribution in [0.3, 0.4) is 0 Å². The lowest BCUT2D eigenvalue weighted by atomic mass is 10.3. The molecule has 0 aromatic carbocycles. The number of anilines is 2. The molecular weight excluding hydrogens is 273 g/mol. The first-order valence-electron chi connectivity index (χ1n) is 6.53. The molecule has 1 aromatic heterocycles. The van der Waals surface area contributed by atoms with E-state index < -0.39 is 11.9 Å². The Morgan fingerprint density at radius 3 is 2.80 bits per heavy atom. The van der Waals surface area contributed by atoms with Crippen molar-refractivity contribution in [3.05, 3.63) is 11.8 Å². The highest BCUT2D eigenvalue weighted by molar-refractivity contribution is 5.45. The summed E-state index contributed by atoms with van der Waals surface area (Å²) in [6.07, 6.45) is -3.72. The highest BCUT2D eigenvalue weighted by Crippen LogP contribution is 2.30. The minimum Gasteiger partial charge on any atom is -0.380 e. The summed E-state index contributed by atoms with van der Waals surface area (Å²) in [6, 6.07) is 0.992. The van der Waals surface area contributed by atoms with E-state index in [2.05, 4.69) is 15.3 Å². The average molecular weight is 290 g/mol. The molecule has 1 fully saturated rings. The van der Waals surface area contributed by atoms with E-state index in [4.69, 9.17) is 4.74 Å². The van der Waals surface area contributed by atoms with E-state index in [1.807, 2.05) is 0 Å². The van der Waals surface area contributed by atoms with Crippen LogP contribution in [0.15, 0.2) is 6.07 Å². The average Bonchev–Trinajstić information content (AvgIpc) is 2.66. The smallest absolute Gasteiger partial charge is 0.380 e. The number of halogens is 3. The first-order chi connectivity index (χ1) is 9.50. The molecule has 1 aliphatic rings. The lowest BCUT2D eigenvalue weighted by molar-refractivity contribution is -0.141. The molecule has 0 radical (unpaired) electrons. The fourth-order valence-corrected chi connectivity index (χ4v) is 1.95. The summed E-state index contributed by atoms with van der Waals surface area (Å²) in [5, 5.41) is 2.73. The number of nitrogens with one attached hydrogen (secondary N) is 1. The molecule has 5 nitrogen and oxygen atoms in total. The van der Waals surface area contributed by atoms with Gasteiger partial charge in [-0.2, -0.15) is 18.2 Å². The highest BCUT2D eigenvalue weighted by Gasteiger charge is 2.34. The summed E-state index contributed by atoms with van der Waals surface area (Å²) in [6.45, 7) is 4.50. The van der Waals surface area contributed by atoms with Crippen LogP contribution in [0, 0.1) is 0 Å². The third-order valence-corrected chi connectivity index (χ3v) is 2.88. The summed E-state index contributed by atoms with van der Waals surface area (Å²) in [4.78, 5) is 9.45. The van der Waals surface area contributed by atoms with E-state index in [1.54, 1.807) is 11.8 Å². The monoisotopic (exact) mass is 290 g/mol. The quantitative estimate of drug-likeness (QED) is 0.924. The number of rotatable bonds is 3. The first kappa shape index (κ1) is 14.8. The predicted molar refractivity (Wildman–Crippen MR) is 68.8 cm³/mol. The molecule has 0 amide bonds. The first-order valence-corrected chi connectivity index (χ1v) is 6.53. The second-order valence-corrected chi connectivity index (χ2v) is 4.42. The van der Waals surface area contributed by atoms with Crippen LogP contribution in [-0.4, -0.2) is 42.8 Å². The fraction of sp³-hybridized carbons (Fsp3) is 0.667. The Morgan fingerprint density at radius 2 is 2.10 bits per heavy atom. The van der Waals surface area contributed by atoms with Crippen molar-refractivity contribution >= 4 is 11.8 Å². The molecule has 112 valence electrons. The molecule has 2 rings (SSSR count). The zero-order chi connectivity index (χ0) is 14.6. The van der Waals surface area contributed by atoms with Crippen LogP contribution in [-0.2, 0) is 10.9 Å². The molecule has 1 N–H and O–H groups in total. The second kappa shape index (κ2) is 6.25. The van der Waals surface area contributed by atoms with Crippen molar-refractivity contribution in [2.45, 2.75) is 19.5 Å². The molecular formula is C12H17F3N4O. The lowest BCUT2D eigenvalue weighted by Gasteiger charge is -2.22. The third-order valence-electron chi connectivity index (χ3n) is 2.88. The van der Waals surface area contributed by atoms with Crippen LogP contribution in [0.25, 0.3) is 0 Å². The van der Waals surface area contributed by atoms with Crippen molar-refractivity contribution in [2.24, 2.45) is 0 Å². The predicted octanol–water partition coefficient (Wildman–Crippen LogP) is 2.15. The SMILES string of the molecule is CCNc1nc(N2CCCOCC2)cc(C(F)(F)F)n1. The molecule has 1 aromatic rings. The lowest BCUT2D eigenvalue weighted by Crippen LogP contribution is -2.28. The van der Waals surface area contributed by atoms with Crippen molar-refractivity contribution in [3.8, 4) is 0 Å². The Hall–Kier alpha value is -1.57. The number of hydrogen-bond donors (Lipinski definition) is 1. The summed E-state index contributed by atoms with van der Waals surface area (Å²) in [5.74, 6) is 0.288. The number of aromatic nitrogens is 2. The van der Waals surface area contributed by atoms with Gasteiger partial charge >= 0.3 is 6.18 Å². The number of hydrogen-bond acceptors (Lipinski definition) is 5. The van der Waals surface area contributed by atoms with E-state index in [-0.39, 0.29) is 11.8 Å². The summed E-state index contributed by atoms with van der Waals surface area (Å²) >= 11 is 0. The third kappa shape index (κ3) is 3.72. The van der Waals surface area contributed by atoms with Gasteiger partial charge in [-0.15, -0.1) is 0 Å². The number of nitrogens with zero attached hydrogens (tertiary/aromatic N) is 3. The highest BCUT2D eigenvalue weighted by atomic mass is 19.4. The standard InChI is InChI=1S/C12H17F3N4O/c1-2-16-11-17-9(12(13,14)15)8-10(18-11)19-4-3-6-20-7-5-19/h8H,2-7H2,1H3,(H,16,17,18). The number of ether oxygens (including phenoxy) is 1. The zero-order valence-electron chi connectivity index (χ0n) is 11.2. The van der Waals surface area contributed by atoms with Crippen LogP contribution in [0.5, 0.6) is 0 Å². The summed E-state index contributed by atoms with van der Waals surface area (Å²) in [5.41, 5.74) is -0.927. The zero-order valence-corrected chi connectivity index (χ0v) is 11.2. The van der Waals surface area contributed by atoms with Crippen molar-refractivity contribution in [1.29, 1.82) is 0 Å². The maximum absolute atomic E-state index is 12.9. The van der Waals surface area contributed by atoms with Crippen molar-refractivity contribution < 1.29 is 17.9 Å². The molecule has 0 atom stereocenters. The van der Waals surface area contributed by atoms with Crippen LogP contribution < -0.4 is 10.2 Å². The maximum Gasteiger partial charge on any atom is 0.433 e. The van der Waals surface area contributed by atoms with E-state index in [1.165, 1.54) is 0 Å². The van der Waals surface area contributed by atoms with Gasteiger partial charge in [0.25, 0.3) is 0 Å². The van der Waals surface area contributed by atoms with Crippen LogP contribution >= 0.6 is 0 Å². The Balaban J connectivity index is 2.32. The van der Waals surface area contributed by atoms with Gasteiger partial charge in [-0.1, -0.05) is 0 Å². The van der Waals surface area contributed by atoms with Gasteiger partial charge in [0, 0.05) is 32.3 Å². The van der Waals surface area contributed by atoms with Gasteiger partial charge in [0.1, 0.15) is 5.82 Å². The van der Waals surface area contributed by atoms with Gasteiger partial charge in [-0.05, 0) is 13.3 Å². The Labute approximate surface area is 115 Å². The van der Waals surface area contributed by atoms with Crippen LogP contribution in [0.4, 0.5) is 24.9 Å². The molecule has 0 aliphatic carbocycles. The van der Waals surface area contributed by atoms with Gasteiger partial charge in [-0.25, -0.2) is 4.98 Å². The Bertz CT molecular complexity index is 445. The maximum atomic E-state index is 12.9. The van der Waals surface area contributed by atoms with Gasteiger partial charge < -0.3 is 15.0 Å². The molecule has 0 unspecified atom stereocenters. The number of alkyl halides is 3. The van der Waals surface area contributed by atoms with Gasteiger partial charge in [-0.3, -0.25) is 0 Å². The summed E-state index contributed by atoms with van der Waals surface area (Å²) < 4.78 is 43.9. The minimum atomic E-state index is -4.48. The fourth-order valence-electron chi connectivity index (χ4n) is 1.95. The topological polar surface area (TPSA) is 50.3 Å². The van der Waals surface area contributed by atoms with E-state index >= 15 is 0 Å².